The van der Waals surface area contributed by atoms with Crippen molar-refractivity contribution in [1.29, 1.82) is 0 Å². The van der Waals surface area contributed by atoms with Crippen LogP contribution in [0.3, 0.4) is 0 Å². The van der Waals surface area contributed by atoms with Crippen LogP contribution in [0, 0.1) is 6.92 Å². The van der Waals surface area contributed by atoms with Gasteiger partial charge in [0, 0.05) is 44.9 Å². The molecule has 0 aromatic carbocycles. The number of fused-ring (bicyclic) bond motifs is 1. The number of aromatic amines is 1. The minimum Gasteiger partial charge on any atom is -0.377 e. The number of methoxy groups -OCH3 is 1. The van der Waals surface area contributed by atoms with Crippen molar-refractivity contribution < 1.29 is 4.74 Å². The number of hydrogen-bond acceptors (Lipinski definition) is 5. The lowest BCUT2D eigenvalue weighted by Gasteiger charge is -2.25. The molecule has 0 unspecified atom stereocenters. The molecule has 2 aromatic rings. The lowest BCUT2D eigenvalue weighted by atomic mass is 10.2. The van der Waals surface area contributed by atoms with E-state index >= 15 is 0 Å². The Bertz CT molecular complexity index is 604. The Morgan fingerprint density at radius 3 is 2.95 bits per heavy atom. The van der Waals surface area contributed by atoms with Gasteiger partial charge in [-0.1, -0.05) is 0 Å². The summed E-state index contributed by atoms with van der Waals surface area (Å²) in [6.45, 7) is 7.51. The van der Waals surface area contributed by atoms with Gasteiger partial charge in [0.15, 0.2) is 5.82 Å². The van der Waals surface area contributed by atoms with E-state index in [0.29, 0.717) is 12.6 Å². The Morgan fingerprint density at radius 2 is 2.24 bits per heavy atom. The van der Waals surface area contributed by atoms with Crippen LogP contribution in [0.1, 0.15) is 30.0 Å². The molecule has 1 aliphatic rings. The molecule has 7 heteroatoms. The lowest BCUT2D eigenvalue weighted by molar-refractivity contribution is 0.170. The van der Waals surface area contributed by atoms with Gasteiger partial charge in [0.25, 0.3) is 0 Å². The van der Waals surface area contributed by atoms with Gasteiger partial charge in [-0.05, 0) is 19.9 Å². The molecule has 1 aliphatic heterocycles. The topological polar surface area (TPSA) is 71.9 Å². The molecule has 21 heavy (non-hydrogen) atoms. The standard InChI is InChI=1S/C14H22N6O/c1-10-6-12(16-15-10)8-19-4-5-20-13(7-11(19)2)17-18-14(20)9-21-3/h6,11H,4-5,7-9H2,1-3H3,(H,15,16)/t11-/m0/s1. The van der Waals surface area contributed by atoms with Gasteiger partial charge in [0.1, 0.15) is 12.4 Å². The minimum atomic E-state index is 0.419. The van der Waals surface area contributed by atoms with Gasteiger partial charge in [0.2, 0.25) is 0 Å². The van der Waals surface area contributed by atoms with Gasteiger partial charge in [-0.2, -0.15) is 5.10 Å². The van der Waals surface area contributed by atoms with E-state index in [1.165, 1.54) is 0 Å². The fraction of sp³-hybridized carbons (Fsp3) is 0.643. The summed E-state index contributed by atoms with van der Waals surface area (Å²) in [7, 11) is 1.69. The summed E-state index contributed by atoms with van der Waals surface area (Å²) in [5.41, 5.74) is 2.20. The average Bonchev–Trinajstić information content (AvgIpc) is 2.98. The molecule has 1 atom stereocenters. The molecule has 2 aromatic heterocycles. The van der Waals surface area contributed by atoms with E-state index in [9.17, 15) is 0 Å². The first-order chi connectivity index (χ1) is 10.2. The fourth-order valence-electron chi connectivity index (χ4n) is 2.86. The highest BCUT2D eigenvalue weighted by Crippen LogP contribution is 2.17. The third-order valence-corrected chi connectivity index (χ3v) is 4.01. The maximum Gasteiger partial charge on any atom is 0.159 e. The summed E-state index contributed by atoms with van der Waals surface area (Å²) >= 11 is 0. The van der Waals surface area contributed by atoms with Crippen molar-refractivity contribution in [2.45, 2.75) is 46.0 Å². The van der Waals surface area contributed by atoms with E-state index in [2.05, 4.69) is 42.9 Å². The lowest BCUT2D eigenvalue weighted by Crippen LogP contribution is -2.34. The van der Waals surface area contributed by atoms with Crippen molar-refractivity contribution in [3.63, 3.8) is 0 Å². The second kappa shape index (κ2) is 5.95. The van der Waals surface area contributed by atoms with Crippen LogP contribution in [0.15, 0.2) is 6.07 Å². The van der Waals surface area contributed by atoms with E-state index in [4.69, 9.17) is 4.74 Å². The number of H-pyrrole nitrogens is 1. The number of aryl methyl sites for hydroxylation is 1. The average molecular weight is 290 g/mol. The number of nitrogens with one attached hydrogen (secondary N) is 1. The maximum atomic E-state index is 5.19. The van der Waals surface area contributed by atoms with Crippen LogP contribution in [-0.4, -0.2) is 49.6 Å². The first-order valence-electron chi connectivity index (χ1n) is 7.32. The van der Waals surface area contributed by atoms with Crippen molar-refractivity contribution in [3.8, 4) is 0 Å². The normalized spacial score (nSPS) is 19.5. The van der Waals surface area contributed by atoms with Crippen LogP contribution in [-0.2, 0) is 30.9 Å². The highest BCUT2D eigenvalue weighted by atomic mass is 16.5. The number of aromatic nitrogens is 5. The zero-order valence-corrected chi connectivity index (χ0v) is 12.8. The van der Waals surface area contributed by atoms with E-state index in [1.54, 1.807) is 7.11 Å². The Hall–Kier alpha value is -1.73. The van der Waals surface area contributed by atoms with Crippen molar-refractivity contribution in [1.82, 2.24) is 29.9 Å². The quantitative estimate of drug-likeness (QED) is 0.906. The highest BCUT2D eigenvalue weighted by molar-refractivity contribution is 5.07. The summed E-state index contributed by atoms with van der Waals surface area (Å²) in [5, 5.41) is 15.9. The summed E-state index contributed by atoms with van der Waals surface area (Å²) < 4.78 is 7.38. The van der Waals surface area contributed by atoms with Crippen molar-refractivity contribution in [2.24, 2.45) is 0 Å². The Balaban J connectivity index is 1.73. The van der Waals surface area contributed by atoms with Crippen molar-refractivity contribution in [2.75, 3.05) is 13.7 Å². The Morgan fingerprint density at radius 1 is 1.38 bits per heavy atom. The molecule has 0 aliphatic carbocycles. The molecule has 3 heterocycles. The molecular weight excluding hydrogens is 268 g/mol. The second-order valence-corrected chi connectivity index (χ2v) is 5.68. The van der Waals surface area contributed by atoms with Gasteiger partial charge in [-0.25, -0.2) is 0 Å². The molecule has 0 spiro atoms. The minimum absolute atomic E-state index is 0.419. The van der Waals surface area contributed by atoms with Gasteiger partial charge >= 0.3 is 0 Å². The Kier molecular flexibility index (Phi) is 4.03. The largest absolute Gasteiger partial charge is 0.377 e. The van der Waals surface area contributed by atoms with Crippen LogP contribution < -0.4 is 0 Å². The summed E-state index contributed by atoms with van der Waals surface area (Å²) in [5.74, 6) is 1.97. The molecule has 114 valence electrons. The van der Waals surface area contributed by atoms with Crippen LogP contribution in [0.5, 0.6) is 0 Å². The zero-order valence-electron chi connectivity index (χ0n) is 12.8. The molecule has 0 saturated heterocycles. The molecule has 1 N–H and O–H groups in total. The fourth-order valence-corrected chi connectivity index (χ4v) is 2.86. The third kappa shape index (κ3) is 2.98. The van der Waals surface area contributed by atoms with Gasteiger partial charge in [-0.15, -0.1) is 10.2 Å². The molecule has 0 fully saturated rings. The number of hydrogen-bond donors (Lipinski definition) is 1. The van der Waals surface area contributed by atoms with Crippen LogP contribution in [0.2, 0.25) is 0 Å². The first-order valence-corrected chi connectivity index (χ1v) is 7.32. The zero-order chi connectivity index (χ0) is 14.8. The second-order valence-electron chi connectivity index (χ2n) is 5.68. The SMILES string of the molecule is COCc1nnc2n1CCN(Cc1cc(C)[nH]n1)[C@@H](C)C2. The number of rotatable bonds is 4. The smallest absolute Gasteiger partial charge is 0.159 e. The van der Waals surface area contributed by atoms with Crippen LogP contribution in [0.25, 0.3) is 0 Å². The highest BCUT2D eigenvalue weighted by Gasteiger charge is 2.24. The predicted molar refractivity (Wildman–Crippen MR) is 77.6 cm³/mol. The van der Waals surface area contributed by atoms with Crippen LogP contribution in [0.4, 0.5) is 0 Å². The molecular formula is C14H22N6O. The third-order valence-electron chi connectivity index (χ3n) is 4.01. The van der Waals surface area contributed by atoms with E-state index in [1.807, 2.05) is 6.92 Å². The van der Waals surface area contributed by atoms with Crippen molar-refractivity contribution in [3.05, 3.63) is 29.1 Å². The van der Waals surface area contributed by atoms with E-state index in [-0.39, 0.29) is 0 Å². The molecule has 0 radical (unpaired) electrons. The molecule has 7 nitrogen and oxygen atoms in total. The van der Waals surface area contributed by atoms with Gasteiger partial charge < -0.3 is 9.30 Å². The van der Waals surface area contributed by atoms with Crippen molar-refractivity contribution >= 4 is 0 Å². The molecule has 3 rings (SSSR count). The maximum absolute atomic E-state index is 5.19. The summed E-state index contributed by atoms with van der Waals surface area (Å²) in [6.07, 6.45) is 0.903. The predicted octanol–water partition coefficient (Wildman–Crippen LogP) is 0.903. The summed E-state index contributed by atoms with van der Waals surface area (Å²) in [4.78, 5) is 2.45. The molecule has 0 bridgehead atoms. The van der Waals surface area contributed by atoms with Gasteiger partial charge in [0.05, 0.1) is 5.69 Å². The van der Waals surface area contributed by atoms with E-state index in [0.717, 1.165) is 49.1 Å². The van der Waals surface area contributed by atoms with Crippen LogP contribution >= 0.6 is 0 Å². The van der Waals surface area contributed by atoms with Gasteiger partial charge in [-0.3, -0.25) is 10.00 Å². The van der Waals surface area contributed by atoms with E-state index < -0.39 is 0 Å². The Labute approximate surface area is 124 Å². The monoisotopic (exact) mass is 290 g/mol. The first kappa shape index (κ1) is 14.2. The summed E-state index contributed by atoms with van der Waals surface area (Å²) in [6, 6.07) is 2.52. The molecule has 0 amide bonds. The molecule has 0 saturated carbocycles. The number of nitrogens with zero attached hydrogens (tertiary/aromatic N) is 5. The number of ether oxygens (including phenoxy) is 1.